The molecule has 104 valence electrons. The van der Waals surface area contributed by atoms with E-state index in [-0.39, 0.29) is 11.5 Å². The van der Waals surface area contributed by atoms with Crippen LogP contribution < -0.4 is 0 Å². The van der Waals surface area contributed by atoms with Crippen LogP contribution in [0.3, 0.4) is 0 Å². The van der Waals surface area contributed by atoms with Gasteiger partial charge in [-0.15, -0.1) is 0 Å². The highest BCUT2D eigenvalue weighted by atomic mass is 29.2. The molecule has 0 spiro atoms. The lowest BCUT2D eigenvalue weighted by Crippen LogP contribution is -2.66. The smallest absolute Gasteiger partial charge is 0.193 e. The summed E-state index contributed by atoms with van der Waals surface area (Å²) >= 11 is 0. The van der Waals surface area contributed by atoms with Crippen molar-refractivity contribution in [3.8, 4) is 0 Å². The number of hydrogen-bond donors (Lipinski definition) is 0. The van der Waals surface area contributed by atoms with Crippen LogP contribution in [0.2, 0.25) is 19.1 Å². The average molecular weight is 287 g/mol. The molecule has 0 aliphatic carbocycles. The van der Waals surface area contributed by atoms with E-state index in [1.807, 2.05) is 20.1 Å². The Bertz CT molecular complexity index is 265. The third-order valence-corrected chi connectivity index (χ3v) is 12.4. The topological polar surface area (TPSA) is 27.7 Å². The molecule has 0 amide bonds. The normalized spacial score (nSPS) is 23.7. The highest BCUT2D eigenvalue weighted by Crippen LogP contribution is 2.38. The zero-order valence-electron chi connectivity index (χ0n) is 12.3. The molecule has 1 rings (SSSR count). The van der Waals surface area contributed by atoms with Crippen LogP contribution in [0.25, 0.3) is 0 Å². The van der Waals surface area contributed by atoms with Crippen molar-refractivity contribution in [1.82, 2.24) is 0 Å². The highest BCUT2D eigenvalue weighted by Gasteiger charge is 2.55. The van der Waals surface area contributed by atoms with E-state index in [1.54, 1.807) is 0 Å². The highest BCUT2D eigenvalue weighted by molar-refractivity contribution is 7.25. The number of ether oxygens (including phenoxy) is 3. The van der Waals surface area contributed by atoms with Crippen molar-refractivity contribution in [3.05, 3.63) is 12.3 Å². The summed E-state index contributed by atoms with van der Waals surface area (Å²) in [5.41, 5.74) is 0. The summed E-state index contributed by atoms with van der Waals surface area (Å²) in [5.74, 6) is 0. The van der Waals surface area contributed by atoms with Crippen molar-refractivity contribution >= 4 is 16.6 Å². The zero-order chi connectivity index (χ0) is 13.6. The fourth-order valence-electron chi connectivity index (χ4n) is 2.50. The minimum Gasteiger partial charge on any atom is -0.494 e. The Labute approximate surface area is 115 Å². The van der Waals surface area contributed by atoms with Crippen LogP contribution >= 0.6 is 0 Å². The van der Waals surface area contributed by atoms with Crippen LogP contribution in [-0.4, -0.2) is 41.4 Å². The summed E-state index contributed by atoms with van der Waals surface area (Å²) in [7, 11) is -0.603. The molecule has 1 unspecified atom stereocenters. The number of hydrogen-bond acceptors (Lipinski definition) is 3. The first kappa shape index (κ1) is 15.9. The third kappa shape index (κ3) is 3.07. The Balaban J connectivity index is 2.97. The summed E-state index contributed by atoms with van der Waals surface area (Å²) < 4.78 is 17.8. The van der Waals surface area contributed by atoms with E-state index in [0.29, 0.717) is 13.2 Å². The monoisotopic (exact) mass is 286 g/mol. The van der Waals surface area contributed by atoms with Gasteiger partial charge in [-0.25, -0.2) is 0 Å². The Morgan fingerprint density at radius 2 is 1.89 bits per heavy atom. The largest absolute Gasteiger partial charge is 0.494 e. The van der Waals surface area contributed by atoms with Crippen molar-refractivity contribution in [2.75, 3.05) is 13.2 Å². The molecule has 0 saturated heterocycles. The molecular weight excluding hydrogens is 260 g/mol. The first-order valence-electron chi connectivity index (χ1n) is 6.85. The van der Waals surface area contributed by atoms with Gasteiger partial charge >= 0.3 is 0 Å². The van der Waals surface area contributed by atoms with E-state index >= 15 is 0 Å². The summed E-state index contributed by atoms with van der Waals surface area (Å²) in [6.07, 6.45) is 4.63. The predicted octanol–water partition coefficient (Wildman–Crippen LogP) is 2.95. The summed E-state index contributed by atoms with van der Waals surface area (Å²) in [6, 6.07) is 1.22. The Kier molecular flexibility index (Phi) is 6.10. The number of rotatable bonds is 8. The molecule has 0 saturated carbocycles. The molecular formula is C13H26O3Si2. The van der Waals surface area contributed by atoms with E-state index in [2.05, 4.69) is 26.1 Å². The van der Waals surface area contributed by atoms with Crippen LogP contribution in [0.5, 0.6) is 0 Å². The molecule has 0 aromatic carbocycles. The van der Waals surface area contributed by atoms with Gasteiger partial charge in [0.05, 0.1) is 13.9 Å². The van der Waals surface area contributed by atoms with Crippen molar-refractivity contribution < 1.29 is 14.2 Å². The van der Waals surface area contributed by atoms with Gasteiger partial charge in [0.1, 0.15) is 5.22 Å². The van der Waals surface area contributed by atoms with E-state index in [9.17, 15) is 0 Å². The maximum absolute atomic E-state index is 6.06. The van der Waals surface area contributed by atoms with Gasteiger partial charge in [-0.05, 0) is 19.9 Å². The minimum absolute atomic E-state index is 0.233. The minimum atomic E-state index is -1.57. The molecule has 1 heterocycles. The maximum atomic E-state index is 6.06. The standard InChI is InChI=1S/C13H26O3Si2/c1-6-14-12(15-7-2)13(10-9-11-16-13)18(4,5)17-8-3/h9,11-12H,6-8,10H2,1-5H3. The van der Waals surface area contributed by atoms with Gasteiger partial charge in [-0.2, -0.15) is 0 Å². The lowest BCUT2D eigenvalue weighted by molar-refractivity contribution is -0.204. The van der Waals surface area contributed by atoms with Crippen molar-refractivity contribution in [2.24, 2.45) is 0 Å². The Morgan fingerprint density at radius 3 is 2.28 bits per heavy atom. The molecule has 0 fully saturated rings. The quantitative estimate of drug-likeness (QED) is 0.507. The van der Waals surface area contributed by atoms with Gasteiger partial charge in [0.2, 0.25) is 0 Å². The van der Waals surface area contributed by atoms with E-state index in [0.717, 1.165) is 15.5 Å². The van der Waals surface area contributed by atoms with Crippen LogP contribution in [0.4, 0.5) is 0 Å². The van der Waals surface area contributed by atoms with Crippen molar-refractivity contribution in [2.45, 2.75) is 57.8 Å². The fourth-order valence-corrected chi connectivity index (χ4v) is 9.82. The maximum Gasteiger partial charge on any atom is 0.193 e. The molecule has 1 aliphatic heterocycles. The second-order valence-corrected chi connectivity index (χ2v) is 14.9. The van der Waals surface area contributed by atoms with E-state index in [4.69, 9.17) is 14.2 Å². The first-order valence-corrected chi connectivity index (χ1v) is 12.1. The molecule has 0 aromatic rings. The first-order chi connectivity index (χ1) is 8.54. The van der Waals surface area contributed by atoms with Gasteiger partial charge in [0, 0.05) is 28.7 Å². The molecule has 18 heavy (non-hydrogen) atoms. The SMILES string of the molecule is CCOC(OCC)C1([Si](C)(C)[Si]CC)CC=CO1. The second kappa shape index (κ2) is 6.89. The van der Waals surface area contributed by atoms with Crippen molar-refractivity contribution in [3.63, 3.8) is 0 Å². The molecule has 0 N–H and O–H groups in total. The molecule has 0 bridgehead atoms. The third-order valence-electron chi connectivity index (χ3n) is 3.49. The van der Waals surface area contributed by atoms with Gasteiger partial charge in [0.25, 0.3) is 0 Å². The van der Waals surface area contributed by atoms with Crippen molar-refractivity contribution in [1.29, 1.82) is 0 Å². The van der Waals surface area contributed by atoms with E-state index < -0.39 is 7.59 Å². The van der Waals surface area contributed by atoms with Crippen LogP contribution in [0, 0.1) is 0 Å². The summed E-state index contributed by atoms with van der Waals surface area (Å²) in [4.78, 5) is 0. The Morgan fingerprint density at radius 1 is 1.28 bits per heavy atom. The van der Waals surface area contributed by atoms with Crippen LogP contribution in [0.15, 0.2) is 12.3 Å². The second-order valence-electron chi connectivity index (χ2n) is 4.98. The lowest BCUT2D eigenvalue weighted by Gasteiger charge is -2.46. The molecule has 0 aromatic heterocycles. The molecule has 2 radical (unpaired) electrons. The van der Waals surface area contributed by atoms with Crippen LogP contribution in [-0.2, 0) is 14.2 Å². The fraction of sp³-hybridized carbons (Fsp3) is 0.846. The van der Waals surface area contributed by atoms with Gasteiger partial charge in [-0.3, -0.25) is 0 Å². The van der Waals surface area contributed by atoms with Gasteiger partial charge in [0.15, 0.2) is 6.29 Å². The summed E-state index contributed by atoms with van der Waals surface area (Å²) in [5, 5.41) is -0.243. The van der Waals surface area contributed by atoms with E-state index in [1.165, 1.54) is 6.04 Å². The average Bonchev–Trinajstić information content (AvgIpc) is 2.79. The molecule has 1 atom stereocenters. The predicted molar refractivity (Wildman–Crippen MR) is 78.3 cm³/mol. The van der Waals surface area contributed by atoms with Crippen LogP contribution in [0.1, 0.15) is 27.2 Å². The molecule has 3 nitrogen and oxygen atoms in total. The molecule has 5 heteroatoms. The lowest BCUT2D eigenvalue weighted by atomic mass is 10.2. The zero-order valence-corrected chi connectivity index (χ0v) is 14.3. The Hall–Kier alpha value is -0.106. The summed E-state index contributed by atoms with van der Waals surface area (Å²) in [6.45, 7) is 12.4. The molecule has 1 aliphatic rings. The van der Waals surface area contributed by atoms with Gasteiger partial charge in [-0.1, -0.05) is 26.1 Å². The van der Waals surface area contributed by atoms with Gasteiger partial charge < -0.3 is 14.2 Å².